The molecule has 1 heterocycles. The SMILES string of the molecule is COc1ccc(C=C2N=C(SCCC(C)O)N(c3ccc(OC(F)F)cc3)C2=O)cc1. The molecule has 1 amide bonds. The van der Waals surface area contributed by atoms with Crippen LogP contribution in [0.1, 0.15) is 18.9 Å². The number of alkyl halides is 2. The Kier molecular flexibility index (Phi) is 7.64. The number of carbonyl (C=O) groups is 1. The molecule has 31 heavy (non-hydrogen) atoms. The van der Waals surface area contributed by atoms with Gasteiger partial charge in [0, 0.05) is 5.75 Å². The fraction of sp³-hybridized carbons (Fsp3) is 0.273. The average Bonchev–Trinajstić information content (AvgIpc) is 3.03. The number of ether oxygens (including phenoxy) is 2. The van der Waals surface area contributed by atoms with Gasteiger partial charge in [0.2, 0.25) is 0 Å². The van der Waals surface area contributed by atoms with Crippen molar-refractivity contribution in [2.75, 3.05) is 17.8 Å². The van der Waals surface area contributed by atoms with E-state index in [2.05, 4.69) is 9.73 Å². The first kappa shape index (κ1) is 22.8. The summed E-state index contributed by atoms with van der Waals surface area (Å²) in [6.07, 6.45) is 1.73. The lowest BCUT2D eigenvalue weighted by molar-refractivity contribution is -0.113. The summed E-state index contributed by atoms with van der Waals surface area (Å²) in [4.78, 5) is 19.0. The first-order valence-corrected chi connectivity index (χ1v) is 10.5. The van der Waals surface area contributed by atoms with E-state index in [1.54, 1.807) is 32.2 Å². The topological polar surface area (TPSA) is 71.4 Å². The Morgan fingerprint density at radius 2 is 1.77 bits per heavy atom. The van der Waals surface area contributed by atoms with Crippen LogP contribution in [0.15, 0.2) is 59.2 Å². The average molecular weight is 448 g/mol. The summed E-state index contributed by atoms with van der Waals surface area (Å²) < 4.78 is 34.3. The third kappa shape index (κ3) is 6.05. The molecule has 0 aromatic heterocycles. The number of hydrogen-bond donors (Lipinski definition) is 1. The number of anilines is 1. The normalized spacial score (nSPS) is 16.1. The molecule has 0 fully saturated rings. The zero-order valence-corrected chi connectivity index (χ0v) is 17.8. The number of methoxy groups -OCH3 is 1. The zero-order chi connectivity index (χ0) is 22.4. The summed E-state index contributed by atoms with van der Waals surface area (Å²) in [5, 5.41) is 9.97. The number of aliphatic hydroxyl groups is 1. The molecule has 9 heteroatoms. The van der Waals surface area contributed by atoms with E-state index in [1.165, 1.54) is 40.9 Å². The lowest BCUT2D eigenvalue weighted by Gasteiger charge is -2.18. The predicted molar refractivity (Wildman–Crippen MR) is 118 cm³/mol. The first-order chi connectivity index (χ1) is 14.9. The Bertz CT molecular complexity index is 960. The highest BCUT2D eigenvalue weighted by atomic mass is 32.2. The third-order valence-electron chi connectivity index (χ3n) is 4.34. The second-order valence-corrected chi connectivity index (χ2v) is 7.76. The Morgan fingerprint density at radius 3 is 2.35 bits per heavy atom. The number of aliphatic imine (C=N–C) groups is 1. The number of hydrogen-bond acceptors (Lipinski definition) is 6. The van der Waals surface area contributed by atoms with Crippen molar-refractivity contribution in [3.05, 3.63) is 59.8 Å². The molecule has 2 aromatic carbocycles. The van der Waals surface area contributed by atoms with Crippen molar-refractivity contribution in [2.24, 2.45) is 4.99 Å². The van der Waals surface area contributed by atoms with Gasteiger partial charge in [0.05, 0.1) is 18.9 Å². The van der Waals surface area contributed by atoms with E-state index in [1.807, 2.05) is 12.1 Å². The van der Waals surface area contributed by atoms with Crippen LogP contribution in [0, 0.1) is 0 Å². The zero-order valence-electron chi connectivity index (χ0n) is 17.0. The number of benzene rings is 2. The lowest BCUT2D eigenvalue weighted by atomic mass is 10.2. The number of rotatable bonds is 8. The summed E-state index contributed by atoms with van der Waals surface area (Å²) in [6, 6.07) is 13.0. The molecule has 0 saturated carbocycles. The van der Waals surface area contributed by atoms with Gasteiger partial charge in [-0.1, -0.05) is 23.9 Å². The maximum absolute atomic E-state index is 13.1. The smallest absolute Gasteiger partial charge is 0.387 e. The van der Waals surface area contributed by atoms with Crippen molar-refractivity contribution in [1.29, 1.82) is 0 Å². The van der Waals surface area contributed by atoms with Gasteiger partial charge >= 0.3 is 6.61 Å². The fourth-order valence-electron chi connectivity index (χ4n) is 2.78. The van der Waals surface area contributed by atoms with Crippen LogP contribution in [0.25, 0.3) is 6.08 Å². The highest BCUT2D eigenvalue weighted by molar-refractivity contribution is 8.14. The van der Waals surface area contributed by atoms with Gasteiger partial charge in [-0.15, -0.1) is 0 Å². The van der Waals surface area contributed by atoms with Crippen LogP contribution in [-0.4, -0.2) is 41.8 Å². The predicted octanol–water partition coefficient (Wildman–Crippen LogP) is 4.54. The first-order valence-electron chi connectivity index (χ1n) is 9.52. The Balaban J connectivity index is 1.87. The summed E-state index contributed by atoms with van der Waals surface area (Å²) in [7, 11) is 1.57. The molecular weight excluding hydrogens is 426 g/mol. The van der Waals surface area contributed by atoms with E-state index in [9.17, 15) is 18.7 Å². The van der Waals surface area contributed by atoms with Crippen molar-refractivity contribution < 1.29 is 28.2 Å². The van der Waals surface area contributed by atoms with E-state index in [-0.39, 0.29) is 17.4 Å². The molecule has 0 aliphatic carbocycles. The van der Waals surface area contributed by atoms with Gasteiger partial charge < -0.3 is 14.6 Å². The highest BCUT2D eigenvalue weighted by Crippen LogP contribution is 2.31. The second-order valence-electron chi connectivity index (χ2n) is 6.70. The van der Waals surface area contributed by atoms with Crippen molar-refractivity contribution in [1.82, 2.24) is 0 Å². The lowest BCUT2D eigenvalue weighted by Crippen LogP contribution is -2.30. The molecule has 6 nitrogen and oxygen atoms in total. The molecule has 1 atom stereocenters. The van der Waals surface area contributed by atoms with Crippen LogP contribution in [0.4, 0.5) is 14.5 Å². The molecule has 1 N–H and O–H groups in total. The molecule has 0 bridgehead atoms. The van der Waals surface area contributed by atoms with Crippen LogP contribution in [0.5, 0.6) is 11.5 Å². The van der Waals surface area contributed by atoms with E-state index >= 15 is 0 Å². The molecule has 1 aliphatic rings. The minimum Gasteiger partial charge on any atom is -0.497 e. The van der Waals surface area contributed by atoms with Gasteiger partial charge in [-0.2, -0.15) is 8.78 Å². The van der Waals surface area contributed by atoms with E-state index < -0.39 is 12.7 Å². The minimum atomic E-state index is -2.92. The van der Waals surface area contributed by atoms with Crippen LogP contribution >= 0.6 is 11.8 Å². The van der Waals surface area contributed by atoms with Crippen LogP contribution < -0.4 is 14.4 Å². The summed E-state index contributed by atoms with van der Waals surface area (Å²) >= 11 is 1.34. The standard InChI is InChI=1S/C22H22F2N2O4S/c1-14(27)11-12-31-22-25-19(13-15-3-7-17(29-2)8-4-15)20(28)26(22)16-5-9-18(10-6-16)30-21(23)24/h3-10,13-14,21,27H,11-12H2,1-2H3. The number of carbonyl (C=O) groups excluding carboxylic acids is 1. The summed E-state index contributed by atoms with van der Waals surface area (Å²) in [5.41, 5.74) is 1.51. The van der Waals surface area contributed by atoms with Crippen molar-refractivity contribution in [3.8, 4) is 11.5 Å². The maximum Gasteiger partial charge on any atom is 0.387 e. The van der Waals surface area contributed by atoms with Crippen LogP contribution in [0.3, 0.4) is 0 Å². The molecule has 3 rings (SSSR count). The molecule has 0 radical (unpaired) electrons. The van der Waals surface area contributed by atoms with Gasteiger partial charge in [-0.3, -0.25) is 9.69 Å². The minimum absolute atomic E-state index is 0.000332. The third-order valence-corrected chi connectivity index (χ3v) is 5.31. The van der Waals surface area contributed by atoms with E-state index in [4.69, 9.17) is 4.74 Å². The quantitative estimate of drug-likeness (QED) is 0.600. The van der Waals surface area contributed by atoms with E-state index in [0.29, 0.717) is 28.8 Å². The van der Waals surface area contributed by atoms with Gasteiger partial charge in [-0.05, 0) is 61.4 Å². The van der Waals surface area contributed by atoms with Crippen LogP contribution in [0.2, 0.25) is 0 Å². The molecule has 2 aromatic rings. The maximum atomic E-state index is 13.1. The van der Waals surface area contributed by atoms with Crippen LogP contribution in [-0.2, 0) is 4.79 Å². The van der Waals surface area contributed by atoms with Gasteiger partial charge in [0.25, 0.3) is 5.91 Å². The molecular formula is C22H22F2N2O4S. The number of thioether (sulfide) groups is 1. The number of amidine groups is 1. The highest BCUT2D eigenvalue weighted by Gasteiger charge is 2.32. The van der Waals surface area contributed by atoms with Crippen molar-refractivity contribution in [2.45, 2.75) is 26.1 Å². The summed E-state index contributed by atoms with van der Waals surface area (Å²) in [5.74, 6) is 0.922. The Labute approximate surface area is 183 Å². The van der Waals surface area contributed by atoms with E-state index in [0.717, 1.165) is 5.56 Å². The number of nitrogens with zero attached hydrogens (tertiary/aromatic N) is 2. The van der Waals surface area contributed by atoms with Gasteiger partial charge in [-0.25, -0.2) is 4.99 Å². The Morgan fingerprint density at radius 1 is 1.13 bits per heavy atom. The molecule has 1 unspecified atom stereocenters. The number of amides is 1. The monoisotopic (exact) mass is 448 g/mol. The van der Waals surface area contributed by atoms with Crippen molar-refractivity contribution >= 4 is 34.6 Å². The Hall–Kier alpha value is -2.91. The molecule has 1 aliphatic heterocycles. The van der Waals surface area contributed by atoms with Gasteiger partial charge in [0.1, 0.15) is 17.2 Å². The van der Waals surface area contributed by atoms with Crippen molar-refractivity contribution in [3.63, 3.8) is 0 Å². The van der Waals surface area contributed by atoms with Gasteiger partial charge in [0.15, 0.2) is 5.17 Å². The second kappa shape index (κ2) is 10.4. The summed E-state index contributed by atoms with van der Waals surface area (Å²) in [6.45, 7) is -1.23. The molecule has 0 saturated heterocycles. The largest absolute Gasteiger partial charge is 0.497 e. The number of aliphatic hydroxyl groups excluding tert-OH is 1. The molecule has 164 valence electrons. The number of halogens is 2. The fourth-order valence-corrected chi connectivity index (χ4v) is 3.90. The molecule has 0 spiro atoms.